The van der Waals surface area contributed by atoms with Crippen molar-refractivity contribution in [2.45, 2.75) is 75.8 Å². The molecule has 0 spiro atoms. The number of amides is 4. The Balaban J connectivity index is 1.56. The monoisotopic (exact) mass is 667 g/mol. The molecule has 3 fully saturated rings. The minimum atomic E-state index is -0.964. The normalized spacial score (nSPS) is 20.4. The maximum absolute atomic E-state index is 13.5. The standard InChI is InChI=1S/C31H50ClN7O7/c1-3-19-46-30(44)9-8-24(26(40)21-36-15-17-37(18-16-36)22-29(43)38-13-4-5-14-38)35-31(45)25-7-6-11-34-39(25)28(42)10-12-33-27(41)20-23(2)32/h3,23-25,34H,1,4-22H2,2H3,(H,33,41)(H,35,45)/t23?,24-,25-/m0/s1. The number of hydrogen-bond acceptors (Lipinski definition) is 10. The lowest BCUT2D eigenvalue weighted by Crippen LogP contribution is -2.61. The number of Topliss-reactive ketones (excluding diaryl/α,β-unsaturated/α-hetero) is 1. The van der Waals surface area contributed by atoms with Crippen LogP contribution in [0.15, 0.2) is 12.7 Å². The van der Waals surface area contributed by atoms with Crippen molar-refractivity contribution in [1.82, 2.24) is 35.8 Å². The lowest BCUT2D eigenvalue weighted by atomic mass is 10.0. The summed E-state index contributed by atoms with van der Waals surface area (Å²) in [6.45, 7) is 10.4. The van der Waals surface area contributed by atoms with Crippen molar-refractivity contribution in [3.8, 4) is 0 Å². The van der Waals surface area contributed by atoms with Crippen LogP contribution in [0.5, 0.6) is 0 Å². The number of likely N-dealkylation sites (tertiary alicyclic amines) is 1. The van der Waals surface area contributed by atoms with E-state index in [-0.39, 0.29) is 74.3 Å². The van der Waals surface area contributed by atoms with E-state index in [9.17, 15) is 28.8 Å². The van der Waals surface area contributed by atoms with E-state index in [0.29, 0.717) is 52.1 Å². The van der Waals surface area contributed by atoms with Crippen LogP contribution in [0.2, 0.25) is 0 Å². The van der Waals surface area contributed by atoms with E-state index < -0.39 is 24.0 Å². The number of ether oxygens (including phenoxy) is 1. The van der Waals surface area contributed by atoms with Crippen molar-refractivity contribution in [2.24, 2.45) is 0 Å². The van der Waals surface area contributed by atoms with Crippen LogP contribution in [0.4, 0.5) is 0 Å². The molecule has 1 unspecified atom stereocenters. The molecule has 0 saturated carbocycles. The van der Waals surface area contributed by atoms with E-state index in [0.717, 1.165) is 25.9 Å². The summed E-state index contributed by atoms with van der Waals surface area (Å²) in [5.74, 6) is -1.74. The van der Waals surface area contributed by atoms with Crippen LogP contribution in [0.25, 0.3) is 0 Å². The summed E-state index contributed by atoms with van der Waals surface area (Å²) in [4.78, 5) is 82.8. The summed E-state index contributed by atoms with van der Waals surface area (Å²) in [6.07, 6.45) is 4.65. The first-order valence-corrected chi connectivity index (χ1v) is 16.8. The minimum Gasteiger partial charge on any atom is -0.461 e. The van der Waals surface area contributed by atoms with Gasteiger partial charge in [-0.05, 0) is 39.0 Å². The number of nitrogens with zero attached hydrogens (tertiary/aromatic N) is 4. The fourth-order valence-corrected chi connectivity index (χ4v) is 5.90. The van der Waals surface area contributed by atoms with Crippen molar-refractivity contribution < 1.29 is 33.5 Å². The fraction of sp³-hybridized carbons (Fsp3) is 0.742. The summed E-state index contributed by atoms with van der Waals surface area (Å²) >= 11 is 5.85. The van der Waals surface area contributed by atoms with Crippen molar-refractivity contribution in [3.63, 3.8) is 0 Å². The Labute approximate surface area is 276 Å². The molecule has 258 valence electrons. The van der Waals surface area contributed by atoms with Gasteiger partial charge in [0, 0.05) is 77.0 Å². The summed E-state index contributed by atoms with van der Waals surface area (Å²) in [7, 11) is 0. The van der Waals surface area contributed by atoms with Crippen LogP contribution < -0.4 is 16.1 Å². The molecule has 15 heteroatoms. The fourth-order valence-electron chi connectivity index (χ4n) is 5.76. The van der Waals surface area contributed by atoms with E-state index in [1.807, 2.05) is 9.80 Å². The Morgan fingerprint density at radius 3 is 2.28 bits per heavy atom. The largest absolute Gasteiger partial charge is 0.461 e. The van der Waals surface area contributed by atoms with E-state index in [4.69, 9.17) is 16.3 Å². The second kappa shape index (κ2) is 19.6. The number of carbonyl (C=O) groups excluding carboxylic acids is 6. The molecule has 46 heavy (non-hydrogen) atoms. The molecule has 4 amide bonds. The number of ketones is 1. The van der Waals surface area contributed by atoms with Gasteiger partial charge < -0.3 is 20.3 Å². The molecule has 0 aromatic rings. The van der Waals surface area contributed by atoms with Gasteiger partial charge in [-0.25, -0.2) is 5.43 Å². The lowest BCUT2D eigenvalue weighted by Gasteiger charge is -2.37. The molecule has 3 saturated heterocycles. The number of alkyl halides is 1. The van der Waals surface area contributed by atoms with Gasteiger partial charge in [0.15, 0.2) is 5.78 Å². The quantitative estimate of drug-likeness (QED) is 0.108. The Kier molecular flexibility index (Phi) is 15.9. The SMILES string of the molecule is C=CCOC(=O)CC[C@H](NC(=O)[C@@H]1CCCNN1C(=O)CCNC(=O)CC(C)Cl)C(=O)CN1CCN(CC(=O)N2CCCC2)CC1. The molecular formula is C31H50ClN7O7. The second-order valence-electron chi connectivity index (χ2n) is 12.1. The van der Waals surface area contributed by atoms with Gasteiger partial charge in [0.05, 0.1) is 19.1 Å². The molecule has 0 aromatic heterocycles. The van der Waals surface area contributed by atoms with Crippen molar-refractivity contribution in [1.29, 1.82) is 0 Å². The van der Waals surface area contributed by atoms with Crippen LogP contribution in [0, 0.1) is 0 Å². The molecule has 0 aliphatic carbocycles. The Hall–Kier alpha value is -3.07. The maximum atomic E-state index is 13.5. The zero-order valence-corrected chi connectivity index (χ0v) is 27.7. The highest BCUT2D eigenvalue weighted by Crippen LogP contribution is 2.15. The van der Waals surface area contributed by atoms with Gasteiger partial charge in [-0.3, -0.25) is 43.6 Å². The molecule has 0 radical (unpaired) electrons. The molecule has 3 heterocycles. The van der Waals surface area contributed by atoms with Gasteiger partial charge >= 0.3 is 5.97 Å². The smallest absolute Gasteiger partial charge is 0.306 e. The minimum absolute atomic E-state index is 0.0215. The van der Waals surface area contributed by atoms with Gasteiger partial charge in [-0.2, -0.15) is 0 Å². The summed E-state index contributed by atoms with van der Waals surface area (Å²) in [6, 6.07) is -1.83. The number of halogens is 1. The van der Waals surface area contributed by atoms with E-state index in [1.54, 1.807) is 6.92 Å². The van der Waals surface area contributed by atoms with Gasteiger partial charge in [0.2, 0.25) is 23.6 Å². The van der Waals surface area contributed by atoms with E-state index in [2.05, 4.69) is 27.5 Å². The topological polar surface area (TPSA) is 161 Å². The molecule has 3 atom stereocenters. The van der Waals surface area contributed by atoms with E-state index in [1.165, 1.54) is 11.1 Å². The predicted octanol–water partition coefficient (Wildman–Crippen LogP) is -0.191. The Morgan fingerprint density at radius 1 is 0.957 bits per heavy atom. The molecule has 14 nitrogen and oxygen atoms in total. The van der Waals surface area contributed by atoms with Gasteiger partial charge in [-0.15, -0.1) is 11.6 Å². The lowest BCUT2D eigenvalue weighted by molar-refractivity contribution is -0.147. The second-order valence-corrected chi connectivity index (χ2v) is 12.8. The van der Waals surface area contributed by atoms with Crippen molar-refractivity contribution in [3.05, 3.63) is 12.7 Å². The highest BCUT2D eigenvalue weighted by molar-refractivity contribution is 6.21. The molecule has 0 aromatic carbocycles. The molecule has 0 bridgehead atoms. The zero-order chi connectivity index (χ0) is 33.5. The molecule has 3 aliphatic heterocycles. The highest BCUT2D eigenvalue weighted by Gasteiger charge is 2.35. The number of hydrazine groups is 1. The molecular weight excluding hydrogens is 618 g/mol. The Morgan fingerprint density at radius 2 is 1.63 bits per heavy atom. The number of esters is 1. The molecule has 3 aliphatic rings. The number of rotatable bonds is 17. The summed E-state index contributed by atoms with van der Waals surface area (Å²) in [5, 5.41) is 6.42. The first kappa shape index (κ1) is 37.4. The van der Waals surface area contributed by atoms with Crippen molar-refractivity contribution in [2.75, 3.05) is 72.1 Å². The van der Waals surface area contributed by atoms with E-state index >= 15 is 0 Å². The van der Waals surface area contributed by atoms with Crippen LogP contribution in [0.3, 0.4) is 0 Å². The average Bonchev–Trinajstić information content (AvgIpc) is 3.58. The van der Waals surface area contributed by atoms with Crippen LogP contribution >= 0.6 is 11.6 Å². The first-order chi connectivity index (χ1) is 22.1. The molecule has 3 rings (SSSR count). The van der Waals surface area contributed by atoms with Crippen LogP contribution in [0.1, 0.15) is 58.3 Å². The first-order valence-electron chi connectivity index (χ1n) is 16.4. The van der Waals surface area contributed by atoms with Crippen LogP contribution in [-0.2, 0) is 33.5 Å². The van der Waals surface area contributed by atoms with Gasteiger partial charge in [0.25, 0.3) is 0 Å². The number of nitrogens with one attached hydrogen (secondary N) is 3. The third kappa shape index (κ3) is 12.6. The number of carbonyl (C=O) groups is 6. The average molecular weight is 668 g/mol. The maximum Gasteiger partial charge on any atom is 0.306 e. The number of piperazine rings is 1. The summed E-state index contributed by atoms with van der Waals surface area (Å²) < 4.78 is 5.07. The predicted molar refractivity (Wildman–Crippen MR) is 171 cm³/mol. The zero-order valence-electron chi connectivity index (χ0n) is 27.0. The highest BCUT2D eigenvalue weighted by atomic mass is 35.5. The Bertz CT molecular complexity index is 1080. The third-order valence-electron chi connectivity index (χ3n) is 8.31. The summed E-state index contributed by atoms with van der Waals surface area (Å²) in [5.41, 5.74) is 2.98. The van der Waals surface area contributed by atoms with Crippen LogP contribution in [-0.4, -0.2) is 145 Å². The van der Waals surface area contributed by atoms with Gasteiger partial charge in [0.1, 0.15) is 12.6 Å². The van der Waals surface area contributed by atoms with Crippen molar-refractivity contribution >= 4 is 47.0 Å². The molecule has 3 N–H and O–H groups in total. The van der Waals surface area contributed by atoms with Gasteiger partial charge in [-0.1, -0.05) is 12.7 Å². The number of hydrogen-bond donors (Lipinski definition) is 3. The third-order valence-corrected chi connectivity index (χ3v) is 8.47.